The molecular weight excluding hydrogens is 285 g/mol. The Bertz CT molecular complexity index is 671. The average Bonchev–Trinajstić information content (AvgIpc) is 3.13. The Morgan fingerprint density at radius 1 is 1.55 bits per heavy atom. The summed E-state index contributed by atoms with van der Waals surface area (Å²) in [6.45, 7) is 2.53. The molecule has 3 rings (SSSR count). The number of ether oxygens (including phenoxy) is 1. The third-order valence-corrected chi connectivity index (χ3v) is 3.77. The number of halogens is 1. The van der Waals surface area contributed by atoms with E-state index in [1.54, 1.807) is 23.2 Å². The van der Waals surface area contributed by atoms with Gasteiger partial charge in [0.1, 0.15) is 17.4 Å². The smallest absolute Gasteiger partial charge is 0.261 e. The summed E-state index contributed by atoms with van der Waals surface area (Å²) < 4.78 is 18.5. The molecule has 0 saturated carbocycles. The van der Waals surface area contributed by atoms with Crippen molar-refractivity contribution in [1.29, 1.82) is 0 Å². The molecule has 1 amide bonds. The monoisotopic (exact) mass is 303 g/mol. The van der Waals surface area contributed by atoms with E-state index in [0.717, 1.165) is 24.4 Å². The molecule has 0 spiro atoms. The highest BCUT2D eigenvalue weighted by Crippen LogP contribution is 2.30. The number of aromatic nitrogens is 2. The van der Waals surface area contributed by atoms with E-state index >= 15 is 0 Å². The van der Waals surface area contributed by atoms with Gasteiger partial charge < -0.3 is 14.6 Å². The van der Waals surface area contributed by atoms with Crippen molar-refractivity contribution in [3.05, 3.63) is 47.8 Å². The zero-order valence-corrected chi connectivity index (χ0v) is 12.4. The molecule has 0 unspecified atom stereocenters. The summed E-state index contributed by atoms with van der Waals surface area (Å²) in [5.41, 5.74) is 0.977. The number of hydrogen-bond acceptors (Lipinski definition) is 3. The molecule has 0 radical (unpaired) electrons. The molecule has 1 aromatic carbocycles. The lowest BCUT2D eigenvalue weighted by atomic mass is 10.2. The van der Waals surface area contributed by atoms with Crippen molar-refractivity contribution >= 4 is 5.91 Å². The highest BCUT2D eigenvalue weighted by molar-refractivity contribution is 5.78. The summed E-state index contributed by atoms with van der Waals surface area (Å²) in [6.07, 6.45) is 3.59. The molecule has 22 heavy (non-hydrogen) atoms. The molecule has 0 bridgehead atoms. The van der Waals surface area contributed by atoms with E-state index in [-0.39, 0.29) is 24.4 Å². The maximum Gasteiger partial charge on any atom is 0.261 e. The van der Waals surface area contributed by atoms with Gasteiger partial charge in [-0.05, 0) is 31.9 Å². The van der Waals surface area contributed by atoms with Gasteiger partial charge in [-0.15, -0.1) is 0 Å². The van der Waals surface area contributed by atoms with Crippen molar-refractivity contribution in [3.63, 3.8) is 0 Å². The van der Waals surface area contributed by atoms with Gasteiger partial charge in [-0.1, -0.05) is 6.07 Å². The molecule has 1 N–H and O–H groups in total. The number of amides is 1. The predicted octanol–water partition coefficient (Wildman–Crippen LogP) is 2.60. The fourth-order valence-corrected chi connectivity index (χ4v) is 2.74. The quantitative estimate of drug-likeness (QED) is 0.944. The summed E-state index contributed by atoms with van der Waals surface area (Å²) in [4.78, 5) is 21.6. The standard InChI is InChI=1S/C16H18FN3O2/c1-11-9-18-16(19-11)14-6-3-7-20(14)15(21)10-22-13-5-2-4-12(17)8-13/h2,4-5,8-9,14H,3,6-7,10H2,1H3,(H,18,19)/t14-/m0/s1. The van der Waals surface area contributed by atoms with E-state index in [9.17, 15) is 9.18 Å². The van der Waals surface area contributed by atoms with Crippen molar-refractivity contribution in [1.82, 2.24) is 14.9 Å². The second kappa shape index (κ2) is 6.17. The van der Waals surface area contributed by atoms with Crippen LogP contribution >= 0.6 is 0 Å². The first-order chi connectivity index (χ1) is 10.6. The highest BCUT2D eigenvalue weighted by atomic mass is 19.1. The Balaban J connectivity index is 1.64. The van der Waals surface area contributed by atoms with E-state index < -0.39 is 0 Å². The van der Waals surface area contributed by atoms with Gasteiger partial charge in [0.05, 0.1) is 6.04 Å². The number of likely N-dealkylation sites (tertiary alicyclic amines) is 1. The summed E-state index contributed by atoms with van der Waals surface area (Å²) in [7, 11) is 0. The Hall–Kier alpha value is -2.37. The SMILES string of the molecule is Cc1cnc([C@@H]2CCCN2C(=O)COc2cccc(F)c2)[nH]1. The maximum absolute atomic E-state index is 13.1. The molecule has 1 aliphatic rings. The zero-order chi connectivity index (χ0) is 15.5. The van der Waals surface area contributed by atoms with Crippen molar-refractivity contribution in [2.45, 2.75) is 25.8 Å². The lowest BCUT2D eigenvalue weighted by molar-refractivity contribution is -0.134. The van der Waals surface area contributed by atoms with Gasteiger partial charge in [0, 0.05) is 24.5 Å². The number of benzene rings is 1. The van der Waals surface area contributed by atoms with Crippen LogP contribution in [0.15, 0.2) is 30.5 Å². The number of nitrogens with one attached hydrogen (secondary N) is 1. The number of H-pyrrole nitrogens is 1. The second-order valence-electron chi connectivity index (χ2n) is 5.44. The minimum Gasteiger partial charge on any atom is -0.484 e. The number of carbonyl (C=O) groups is 1. The van der Waals surface area contributed by atoms with Gasteiger partial charge in [0.25, 0.3) is 5.91 Å². The van der Waals surface area contributed by atoms with E-state index in [1.807, 2.05) is 6.92 Å². The molecule has 1 saturated heterocycles. The first-order valence-corrected chi connectivity index (χ1v) is 7.33. The van der Waals surface area contributed by atoms with Gasteiger partial charge in [0.15, 0.2) is 6.61 Å². The number of hydrogen-bond donors (Lipinski definition) is 1. The third kappa shape index (κ3) is 3.10. The van der Waals surface area contributed by atoms with Crippen LogP contribution in [0.1, 0.15) is 30.4 Å². The Labute approximate surface area is 128 Å². The average molecular weight is 303 g/mol. The zero-order valence-electron chi connectivity index (χ0n) is 12.4. The van der Waals surface area contributed by atoms with Crippen LogP contribution in [0.5, 0.6) is 5.75 Å². The molecule has 0 aliphatic carbocycles. The van der Waals surface area contributed by atoms with Crippen molar-refractivity contribution < 1.29 is 13.9 Å². The lowest BCUT2D eigenvalue weighted by Gasteiger charge is -2.23. The minimum atomic E-state index is -0.380. The molecule has 1 aliphatic heterocycles. The van der Waals surface area contributed by atoms with Crippen LogP contribution in [0.4, 0.5) is 4.39 Å². The van der Waals surface area contributed by atoms with E-state index in [2.05, 4.69) is 9.97 Å². The topological polar surface area (TPSA) is 58.2 Å². The summed E-state index contributed by atoms with van der Waals surface area (Å²) in [5.74, 6) is 0.683. The van der Waals surface area contributed by atoms with Crippen LogP contribution in [0.25, 0.3) is 0 Å². The molecule has 5 nitrogen and oxygen atoms in total. The van der Waals surface area contributed by atoms with Gasteiger partial charge in [-0.25, -0.2) is 9.37 Å². The number of carbonyl (C=O) groups excluding carboxylic acids is 1. The van der Waals surface area contributed by atoms with Gasteiger partial charge >= 0.3 is 0 Å². The molecule has 2 aromatic rings. The molecule has 1 fully saturated rings. The van der Waals surface area contributed by atoms with Crippen molar-refractivity contribution in [3.8, 4) is 5.75 Å². The summed E-state index contributed by atoms with van der Waals surface area (Å²) >= 11 is 0. The fraction of sp³-hybridized carbons (Fsp3) is 0.375. The third-order valence-electron chi connectivity index (χ3n) is 3.77. The number of imidazole rings is 1. The molecule has 1 atom stereocenters. The van der Waals surface area contributed by atoms with E-state index in [1.165, 1.54) is 12.1 Å². The van der Waals surface area contributed by atoms with Gasteiger partial charge in [-0.3, -0.25) is 4.79 Å². The maximum atomic E-state index is 13.1. The Kier molecular flexibility index (Phi) is 4.09. The van der Waals surface area contributed by atoms with E-state index in [4.69, 9.17) is 4.74 Å². The Morgan fingerprint density at radius 3 is 3.14 bits per heavy atom. The first kappa shape index (κ1) is 14.6. The normalized spacial score (nSPS) is 17.7. The molecular formula is C16H18FN3O2. The number of aromatic amines is 1. The first-order valence-electron chi connectivity index (χ1n) is 7.33. The van der Waals surface area contributed by atoms with Crippen LogP contribution in [0, 0.1) is 12.7 Å². The van der Waals surface area contributed by atoms with Gasteiger partial charge in [0.2, 0.25) is 0 Å². The highest BCUT2D eigenvalue weighted by Gasteiger charge is 2.31. The largest absolute Gasteiger partial charge is 0.484 e. The van der Waals surface area contributed by atoms with E-state index in [0.29, 0.717) is 12.3 Å². The predicted molar refractivity (Wildman–Crippen MR) is 78.9 cm³/mol. The van der Waals surface area contributed by atoms with Gasteiger partial charge in [-0.2, -0.15) is 0 Å². The van der Waals surface area contributed by atoms with Crippen LogP contribution in [0.3, 0.4) is 0 Å². The van der Waals surface area contributed by atoms with Crippen molar-refractivity contribution in [2.75, 3.05) is 13.2 Å². The van der Waals surface area contributed by atoms with Crippen LogP contribution in [-0.4, -0.2) is 33.9 Å². The van der Waals surface area contributed by atoms with Crippen LogP contribution in [-0.2, 0) is 4.79 Å². The molecule has 116 valence electrons. The second-order valence-corrected chi connectivity index (χ2v) is 5.44. The molecule has 2 heterocycles. The minimum absolute atomic E-state index is 0.0303. The fourth-order valence-electron chi connectivity index (χ4n) is 2.74. The van der Waals surface area contributed by atoms with Crippen LogP contribution < -0.4 is 4.74 Å². The number of nitrogens with zero attached hydrogens (tertiary/aromatic N) is 2. The van der Waals surface area contributed by atoms with Crippen molar-refractivity contribution in [2.24, 2.45) is 0 Å². The number of rotatable bonds is 4. The Morgan fingerprint density at radius 2 is 2.41 bits per heavy atom. The van der Waals surface area contributed by atoms with Crippen LogP contribution in [0.2, 0.25) is 0 Å². The lowest BCUT2D eigenvalue weighted by Crippen LogP contribution is -2.34. The summed E-state index contributed by atoms with van der Waals surface area (Å²) in [6, 6.07) is 5.76. The molecule has 6 heteroatoms. The molecule has 1 aromatic heterocycles. The number of aryl methyl sites for hydroxylation is 1. The summed E-state index contributed by atoms with van der Waals surface area (Å²) in [5, 5.41) is 0.